The van der Waals surface area contributed by atoms with Gasteiger partial charge in [-0.3, -0.25) is 9.59 Å². The highest BCUT2D eigenvalue weighted by Crippen LogP contribution is 2.20. The average Bonchev–Trinajstić information content (AvgIpc) is 2.88. The third-order valence-corrected chi connectivity index (χ3v) is 3.33. The van der Waals surface area contributed by atoms with E-state index in [0.29, 0.717) is 19.5 Å². The van der Waals surface area contributed by atoms with Gasteiger partial charge in [0.15, 0.2) is 0 Å². The fourth-order valence-corrected chi connectivity index (χ4v) is 2.19. The summed E-state index contributed by atoms with van der Waals surface area (Å²) in [6.07, 6.45) is 0.628. The van der Waals surface area contributed by atoms with Crippen molar-refractivity contribution in [3.63, 3.8) is 0 Å². The summed E-state index contributed by atoms with van der Waals surface area (Å²) in [5.74, 6) is -0.736. The van der Waals surface area contributed by atoms with E-state index in [1.165, 1.54) is 0 Å². The van der Waals surface area contributed by atoms with E-state index in [2.05, 4.69) is 0 Å². The Balaban J connectivity index is 2.02. The molecule has 1 aliphatic heterocycles. The minimum atomic E-state index is -0.669. The first-order chi connectivity index (χ1) is 8.59. The van der Waals surface area contributed by atoms with E-state index in [-0.39, 0.29) is 17.7 Å². The van der Waals surface area contributed by atoms with Crippen LogP contribution in [0.25, 0.3) is 0 Å². The van der Waals surface area contributed by atoms with Gasteiger partial charge in [0.2, 0.25) is 11.8 Å². The molecule has 1 fully saturated rings. The zero-order valence-corrected chi connectivity index (χ0v) is 10.1. The second-order valence-corrected chi connectivity index (χ2v) is 4.56. The molecule has 0 aliphatic carbocycles. The summed E-state index contributed by atoms with van der Waals surface area (Å²) < 4.78 is 0. The fraction of sp³-hybridized carbons (Fsp3) is 0.385. The Bertz CT molecular complexity index is 447. The number of amides is 2. The van der Waals surface area contributed by atoms with E-state index in [1.54, 1.807) is 4.90 Å². The van der Waals surface area contributed by atoms with Crippen LogP contribution in [0.5, 0.6) is 0 Å². The number of nitrogens with two attached hydrogens (primary N) is 2. The Morgan fingerprint density at radius 3 is 2.50 bits per heavy atom. The van der Waals surface area contributed by atoms with Gasteiger partial charge < -0.3 is 16.4 Å². The molecule has 2 rings (SSSR count). The van der Waals surface area contributed by atoms with Gasteiger partial charge >= 0.3 is 0 Å². The van der Waals surface area contributed by atoms with E-state index in [1.807, 2.05) is 30.3 Å². The standard InChI is InChI=1S/C13H17N3O2/c14-11(9-4-2-1-3-5-9)13(18)16-7-6-10(8-16)12(15)17/h1-5,10-11H,6-8,14H2,(H2,15,17). The van der Waals surface area contributed by atoms with Crippen molar-refractivity contribution in [1.29, 1.82) is 0 Å². The van der Waals surface area contributed by atoms with E-state index >= 15 is 0 Å². The van der Waals surface area contributed by atoms with Gasteiger partial charge in [-0.1, -0.05) is 30.3 Å². The zero-order chi connectivity index (χ0) is 13.1. The molecular formula is C13H17N3O2. The maximum atomic E-state index is 12.2. The quantitative estimate of drug-likeness (QED) is 0.789. The SMILES string of the molecule is NC(=O)C1CCN(C(=O)C(N)c2ccccc2)C1. The average molecular weight is 247 g/mol. The second-order valence-electron chi connectivity index (χ2n) is 4.56. The number of likely N-dealkylation sites (tertiary alicyclic amines) is 1. The van der Waals surface area contributed by atoms with E-state index in [9.17, 15) is 9.59 Å². The van der Waals surface area contributed by atoms with Crippen molar-refractivity contribution in [1.82, 2.24) is 4.90 Å². The molecule has 5 heteroatoms. The highest BCUT2D eigenvalue weighted by molar-refractivity contribution is 5.85. The number of hydrogen-bond donors (Lipinski definition) is 2. The Labute approximate surface area is 106 Å². The van der Waals surface area contributed by atoms with Crippen LogP contribution in [-0.4, -0.2) is 29.8 Å². The minimum Gasteiger partial charge on any atom is -0.369 e. The second kappa shape index (κ2) is 5.18. The summed E-state index contributed by atoms with van der Waals surface area (Å²) in [5.41, 5.74) is 12.0. The van der Waals surface area contributed by atoms with Gasteiger partial charge in [-0.2, -0.15) is 0 Å². The summed E-state index contributed by atoms with van der Waals surface area (Å²) in [6.45, 7) is 0.932. The van der Waals surface area contributed by atoms with Crippen LogP contribution >= 0.6 is 0 Å². The third kappa shape index (κ3) is 2.51. The molecule has 0 aromatic heterocycles. The number of benzene rings is 1. The molecule has 2 amide bonds. The first kappa shape index (κ1) is 12.6. The van der Waals surface area contributed by atoms with Crippen LogP contribution < -0.4 is 11.5 Å². The van der Waals surface area contributed by atoms with Gasteiger partial charge in [0, 0.05) is 13.1 Å². The fourth-order valence-electron chi connectivity index (χ4n) is 2.19. The Hall–Kier alpha value is -1.88. The van der Waals surface area contributed by atoms with Crippen LogP contribution in [0.3, 0.4) is 0 Å². The zero-order valence-electron chi connectivity index (χ0n) is 10.1. The molecule has 0 bridgehead atoms. The van der Waals surface area contributed by atoms with Gasteiger partial charge in [-0.15, -0.1) is 0 Å². The van der Waals surface area contributed by atoms with E-state index < -0.39 is 6.04 Å². The highest BCUT2D eigenvalue weighted by atomic mass is 16.2. The lowest BCUT2D eigenvalue weighted by atomic mass is 10.1. The van der Waals surface area contributed by atoms with Crippen LogP contribution in [0.1, 0.15) is 18.0 Å². The van der Waals surface area contributed by atoms with Gasteiger partial charge in [-0.25, -0.2) is 0 Å². The number of primary amides is 1. The molecule has 0 spiro atoms. The first-order valence-electron chi connectivity index (χ1n) is 5.98. The van der Waals surface area contributed by atoms with Crippen LogP contribution in [0, 0.1) is 5.92 Å². The molecule has 1 aliphatic rings. The van der Waals surface area contributed by atoms with Gasteiger partial charge in [0.1, 0.15) is 6.04 Å². The summed E-state index contributed by atoms with van der Waals surface area (Å²) >= 11 is 0. The predicted molar refractivity (Wildman–Crippen MR) is 67.3 cm³/mol. The number of rotatable bonds is 3. The molecule has 1 aromatic carbocycles. The lowest BCUT2D eigenvalue weighted by Crippen LogP contribution is -2.38. The largest absolute Gasteiger partial charge is 0.369 e. The third-order valence-electron chi connectivity index (χ3n) is 3.33. The summed E-state index contributed by atoms with van der Waals surface area (Å²) in [4.78, 5) is 24.8. The number of hydrogen-bond acceptors (Lipinski definition) is 3. The molecule has 0 saturated carbocycles. The van der Waals surface area contributed by atoms with Crippen molar-refractivity contribution in [2.75, 3.05) is 13.1 Å². The molecule has 96 valence electrons. The minimum absolute atomic E-state index is 0.148. The summed E-state index contributed by atoms with van der Waals surface area (Å²) in [6, 6.07) is 8.55. The van der Waals surface area contributed by atoms with Crippen molar-refractivity contribution in [2.24, 2.45) is 17.4 Å². The number of carbonyl (C=O) groups excluding carboxylic acids is 2. The maximum absolute atomic E-state index is 12.2. The van der Waals surface area contributed by atoms with Crippen LogP contribution in [0.2, 0.25) is 0 Å². The van der Waals surface area contributed by atoms with Gasteiger partial charge in [0.05, 0.1) is 5.92 Å². The van der Waals surface area contributed by atoms with Crippen LogP contribution in [0.4, 0.5) is 0 Å². The molecule has 1 aromatic rings. The van der Waals surface area contributed by atoms with E-state index in [4.69, 9.17) is 11.5 Å². The Kier molecular flexibility index (Phi) is 3.62. The van der Waals surface area contributed by atoms with Crippen molar-refractivity contribution in [3.05, 3.63) is 35.9 Å². The van der Waals surface area contributed by atoms with Crippen LogP contribution in [0.15, 0.2) is 30.3 Å². The van der Waals surface area contributed by atoms with Gasteiger partial charge in [0.25, 0.3) is 0 Å². The highest BCUT2D eigenvalue weighted by Gasteiger charge is 2.32. The van der Waals surface area contributed by atoms with Crippen LogP contribution in [-0.2, 0) is 9.59 Å². The molecule has 0 radical (unpaired) electrons. The van der Waals surface area contributed by atoms with Crippen molar-refractivity contribution in [2.45, 2.75) is 12.5 Å². The molecule has 5 nitrogen and oxygen atoms in total. The molecule has 2 unspecified atom stereocenters. The molecule has 4 N–H and O–H groups in total. The molecule has 1 heterocycles. The van der Waals surface area contributed by atoms with Crippen molar-refractivity contribution in [3.8, 4) is 0 Å². The monoisotopic (exact) mass is 247 g/mol. The smallest absolute Gasteiger partial charge is 0.244 e. The lowest BCUT2D eigenvalue weighted by Gasteiger charge is -2.20. The molecule has 1 saturated heterocycles. The van der Waals surface area contributed by atoms with Gasteiger partial charge in [-0.05, 0) is 12.0 Å². The molecule has 2 atom stereocenters. The van der Waals surface area contributed by atoms with Crippen molar-refractivity contribution >= 4 is 11.8 Å². The summed E-state index contributed by atoms with van der Waals surface area (Å²) in [5, 5.41) is 0. The number of carbonyl (C=O) groups is 2. The first-order valence-corrected chi connectivity index (χ1v) is 5.98. The maximum Gasteiger partial charge on any atom is 0.244 e. The Morgan fingerprint density at radius 1 is 1.28 bits per heavy atom. The number of nitrogens with zero attached hydrogens (tertiary/aromatic N) is 1. The summed E-state index contributed by atoms with van der Waals surface area (Å²) in [7, 11) is 0. The normalized spacial score (nSPS) is 20.7. The van der Waals surface area contributed by atoms with E-state index in [0.717, 1.165) is 5.56 Å². The van der Waals surface area contributed by atoms with Crippen molar-refractivity contribution < 1.29 is 9.59 Å². The topological polar surface area (TPSA) is 89.4 Å². The Morgan fingerprint density at radius 2 is 1.94 bits per heavy atom. The molecule has 18 heavy (non-hydrogen) atoms. The lowest BCUT2D eigenvalue weighted by molar-refractivity contribution is -0.132. The predicted octanol–water partition coefficient (Wildman–Crippen LogP) is 0.0202. The molecular weight excluding hydrogens is 230 g/mol.